The number of carbonyl (C=O) groups is 3. The lowest BCUT2D eigenvalue weighted by Gasteiger charge is -2.37. The van der Waals surface area contributed by atoms with E-state index in [9.17, 15) is 14.4 Å². The molecule has 4 amide bonds. The molecule has 2 aromatic carbocycles. The van der Waals surface area contributed by atoms with Gasteiger partial charge in [0.1, 0.15) is 5.92 Å². The van der Waals surface area contributed by atoms with Gasteiger partial charge in [0.05, 0.1) is 11.4 Å². The highest BCUT2D eigenvalue weighted by Gasteiger charge is 2.48. The largest absolute Gasteiger partial charge is 0.342 e. The van der Waals surface area contributed by atoms with Crippen molar-refractivity contribution in [2.45, 2.75) is 20.3 Å². The number of urea groups is 1. The Morgan fingerprint density at radius 1 is 0.733 bits per heavy atom. The predicted molar refractivity (Wildman–Crippen MR) is 119 cm³/mol. The molecule has 152 valence electrons. The summed E-state index contributed by atoms with van der Waals surface area (Å²) < 4.78 is 0. The molecule has 30 heavy (non-hydrogen) atoms. The number of nitrogens with zero attached hydrogens (tertiary/aromatic N) is 2. The van der Waals surface area contributed by atoms with Gasteiger partial charge < -0.3 is 0 Å². The quantitative estimate of drug-likeness (QED) is 0.660. The number of carbonyl (C=O) groups excluding carboxylic acids is 3. The van der Waals surface area contributed by atoms with Crippen molar-refractivity contribution < 1.29 is 14.4 Å². The van der Waals surface area contributed by atoms with Crippen LogP contribution in [0.15, 0.2) is 96.6 Å². The van der Waals surface area contributed by atoms with E-state index in [0.717, 1.165) is 16.2 Å². The van der Waals surface area contributed by atoms with E-state index >= 15 is 0 Å². The topological polar surface area (TPSA) is 57.7 Å². The maximum atomic E-state index is 13.3. The number of allylic oxidation sites excluding steroid dienone is 5. The van der Waals surface area contributed by atoms with E-state index in [0.29, 0.717) is 16.9 Å². The smallest absolute Gasteiger partial charge is 0.273 e. The highest BCUT2D eigenvalue weighted by molar-refractivity contribution is 6.37. The molecule has 1 aliphatic carbocycles. The first-order valence-electron chi connectivity index (χ1n) is 10.0. The van der Waals surface area contributed by atoms with E-state index in [2.05, 4.69) is 0 Å². The summed E-state index contributed by atoms with van der Waals surface area (Å²) in [6, 6.07) is 16.7. The summed E-state index contributed by atoms with van der Waals surface area (Å²) >= 11 is 0. The highest BCUT2D eigenvalue weighted by Crippen LogP contribution is 2.32. The number of barbiturate groups is 1. The van der Waals surface area contributed by atoms with Crippen molar-refractivity contribution in [3.05, 3.63) is 96.6 Å². The lowest BCUT2D eigenvalue weighted by Crippen LogP contribution is -2.60. The molecule has 1 saturated heterocycles. The summed E-state index contributed by atoms with van der Waals surface area (Å²) in [5.41, 5.74) is 1.44. The van der Waals surface area contributed by atoms with Gasteiger partial charge in [0, 0.05) is 0 Å². The number of para-hydroxylation sites is 2. The Morgan fingerprint density at radius 2 is 1.23 bits per heavy atom. The molecule has 0 saturated carbocycles. The second-order valence-electron chi connectivity index (χ2n) is 6.47. The number of benzene rings is 2. The van der Waals surface area contributed by atoms with Crippen LogP contribution in [0, 0.1) is 5.92 Å². The maximum absolute atomic E-state index is 13.3. The number of hydrogen-bond donors (Lipinski definition) is 0. The zero-order valence-corrected chi connectivity index (χ0v) is 17.1. The lowest BCUT2D eigenvalue weighted by molar-refractivity contribution is -0.130. The first-order valence-corrected chi connectivity index (χ1v) is 10.0. The van der Waals surface area contributed by atoms with Crippen molar-refractivity contribution in [2.75, 3.05) is 9.80 Å². The Labute approximate surface area is 176 Å². The summed E-state index contributed by atoms with van der Waals surface area (Å²) in [6.45, 7) is 4.00. The molecule has 5 heteroatoms. The molecule has 4 rings (SSSR count). The standard InChI is InChI=1S/C23H18N2O3.C2H6/c26-21-20(17-11-5-1-2-6-12-17)22(27)25(19-15-9-4-10-16-19)23(28)24(21)18-13-7-3-8-14-18;1-2/h1,3-16,20H,2H2;1-2H3. The van der Waals surface area contributed by atoms with Crippen LogP contribution >= 0.6 is 0 Å². The molecule has 1 fully saturated rings. The minimum absolute atomic E-state index is 0.435. The average molecular weight is 400 g/mol. The van der Waals surface area contributed by atoms with Crippen LogP contribution < -0.4 is 9.80 Å². The van der Waals surface area contributed by atoms with Gasteiger partial charge in [-0.1, -0.05) is 80.6 Å². The summed E-state index contributed by atoms with van der Waals surface area (Å²) in [6.07, 6.45) is 9.92. The molecule has 0 N–H and O–H groups in total. The Bertz CT molecular complexity index is 946. The van der Waals surface area contributed by atoms with E-state index in [1.807, 2.05) is 32.1 Å². The predicted octanol–water partition coefficient (Wildman–Crippen LogP) is 5.27. The van der Waals surface area contributed by atoms with Crippen LogP contribution in [-0.2, 0) is 9.59 Å². The number of imide groups is 2. The van der Waals surface area contributed by atoms with Crippen molar-refractivity contribution >= 4 is 29.2 Å². The zero-order valence-electron chi connectivity index (χ0n) is 17.1. The van der Waals surface area contributed by atoms with Gasteiger partial charge in [0.25, 0.3) is 11.8 Å². The van der Waals surface area contributed by atoms with E-state index in [1.165, 1.54) is 0 Å². The second-order valence-corrected chi connectivity index (χ2v) is 6.47. The summed E-state index contributed by atoms with van der Waals surface area (Å²) in [4.78, 5) is 42.0. The second kappa shape index (κ2) is 9.65. The van der Waals surface area contributed by atoms with Crippen LogP contribution in [-0.4, -0.2) is 17.8 Å². The van der Waals surface area contributed by atoms with Gasteiger partial charge in [-0.2, -0.15) is 0 Å². The third-order valence-electron chi connectivity index (χ3n) is 4.69. The summed E-state index contributed by atoms with van der Waals surface area (Å²) in [5, 5.41) is 0. The molecule has 2 aromatic rings. The van der Waals surface area contributed by atoms with Gasteiger partial charge in [0.15, 0.2) is 0 Å². The SMILES string of the molecule is CC.O=C1C(C2=CC=CCC=C2)C(=O)N(c2ccccc2)C(=O)N1c1ccccc1. The fourth-order valence-corrected chi connectivity index (χ4v) is 3.36. The molecule has 2 aliphatic rings. The summed E-state index contributed by atoms with van der Waals surface area (Å²) in [7, 11) is 0. The molecule has 0 bridgehead atoms. The van der Waals surface area contributed by atoms with E-state index in [-0.39, 0.29) is 0 Å². The third-order valence-corrected chi connectivity index (χ3v) is 4.69. The van der Waals surface area contributed by atoms with Crippen molar-refractivity contribution in [3.63, 3.8) is 0 Å². The van der Waals surface area contributed by atoms with Gasteiger partial charge in [0.2, 0.25) is 0 Å². The molecule has 5 nitrogen and oxygen atoms in total. The number of hydrogen-bond acceptors (Lipinski definition) is 3. The van der Waals surface area contributed by atoms with E-state index in [4.69, 9.17) is 0 Å². The van der Waals surface area contributed by atoms with Crippen LogP contribution in [0.5, 0.6) is 0 Å². The molecule has 0 spiro atoms. The van der Waals surface area contributed by atoms with E-state index < -0.39 is 23.8 Å². The number of amides is 4. The summed E-state index contributed by atoms with van der Waals surface area (Å²) in [5.74, 6) is -2.17. The first kappa shape index (κ1) is 21.0. The normalized spacial score (nSPS) is 16.7. The monoisotopic (exact) mass is 400 g/mol. The van der Waals surface area contributed by atoms with Crippen LogP contribution in [0.4, 0.5) is 16.2 Å². The molecule has 1 aliphatic heterocycles. The molecule has 0 unspecified atom stereocenters. The fourth-order valence-electron chi connectivity index (χ4n) is 3.36. The molecular formula is C25H24N2O3. The molecular weight excluding hydrogens is 376 g/mol. The minimum Gasteiger partial charge on any atom is -0.273 e. The minimum atomic E-state index is -1.09. The van der Waals surface area contributed by atoms with Gasteiger partial charge in [-0.25, -0.2) is 14.6 Å². The number of anilines is 2. The van der Waals surface area contributed by atoms with Gasteiger partial charge in [-0.05, 0) is 36.3 Å². The zero-order chi connectivity index (χ0) is 21.5. The lowest BCUT2D eigenvalue weighted by atomic mass is 9.92. The van der Waals surface area contributed by atoms with Gasteiger partial charge in [-0.15, -0.1) is 0 Å². The maximum Gasteiger partial charge on any atom is 0.342 e. The molecule has 0 radical (unpaired) electrons. The van der Waals surface area contributed by atoms with E-state index in [1.54, 1.807) is 72.8 Å². The molecule has 0 atom stereocenters. The van der Waals surface area contributed by atoms with Gasteiger partial charge in [-0.3, -0.25) is 9.59 Å². The Balaban J connectivity index is 0.00000124. The van der Waals surface area contributed by atoms with Gasteiger partial charge >= 0.3 is 6.03 Å². The third kappa shape index (κ3) is 4.01. The van der Waals surface area contributed by atoms with Crippen LogP contribution in [0.2, 0.25) is 0 Å². The van der Waals surface area contributed by atoms with Crippen molar-refractivity contribution in [1.82, 2.24) is 0 Å². The Hall–Kier alpha value is -3.73. The average Bonchev–Trinajstić information content (AvgIpc) is 3.06. The van der Waals surface area contributed by atoms with Crippen LogP contribution in [0.3, 0.4) is 0 Å². The molecule has 0 aromatic heterocycles. The number of rotatable bonds is 3. The fraction of sp³-hybridized carbons (Fsp3) is 0.160. The highest BCUT2D eigenvalue weighted by atomic mass is 16.2. The van der Waals surface area contributed by atoms with Crippen molar-refractivity contribution in [2.24, 2.45) is 5.92 Å². The molecule has 1 heterocycles. The van der Waals surface area contributed by atoms with Crippen LogP contribution in [0.1, 0.15) is 20.3 Å². The van der Waals surface area contributed by atoms with Crippen molar-refractivity contribution in [1.29, 1.82) is 0 Å². The first-order chi connectivity index (χ1) is 14.7. The van der Waals surface area contributed by atoms with Crippen molar-refractivity contribution in [3.8, 4) is 0 Å². The Kier molecular flexibility index (Phi) is 6.75. The van der Waals surface area contributed by atoms with Crippen LogP contribution in [0.25, 0.3) is 0 Å². The Morgan fingerprint density at radius 3 is 1.73 bits per heavy atom.